The summed E-state index contributed by atoms with van der Waals surface area (Å²) in [7, 11) is 0.768. The molecule has 0 radical (unpaired) electrons. The van der Waals surface area contributed by atoms with Gasteiger partial charge in [-0.05, 0) is 54.1 Å². The first-order chi connectivity index (χ1) is 7.93. The third-order valence-electron chi connectivity index (χ3n) is 4.07. The van der Waals surface area contributed by atoms with Crippen LogP contribution >= 0.6 is 0 Å². The fourth-order valence-corrected chi connectivity index (χ4v) is 6.10. The maximum absolute atomic E-state index is 2.37. The average molecular weight is 233 g/mol. The van der Waals surface area contributed by atoms with Crippen molar-refractivity contribution in [2.45, 2.75) is 43.8 Å². The number of aryl methyl sites for hydroxylation is 1. The van der Waals surface area contributed by atoms with Crippen molar-refractivity contribution in [3.8, 4) is 0 Å². The summed E-state index contributed by atoms with van der Waals surface area (Å²) in [6, 6.07) is 9.14. The Morgan fingerprint density at radius 2 is 1.69 bits per heavy atom. The average Bonchev–Trinajstić information content (AvgIpc) is 2.75. The number of fused-ring (bicyclic) bond motifs is 1. The molecule has 0 amide bonds. The predicted molar refractivity (Wildman–Crippen MR) is 73.2 cm³/mol. The molecule has 0 bridgehead atoms. The van der Waals surface area contributed by atoms with Crippen molar-refractivity contribution in [2.75, 3.05) is 11.5 Å². The summed E-state index contributed by atoms with van der Waals surface area (Å²) in [5.74, 6) is 3.07. The van der Waals surface area contributed by atoms with E-state index in [9.17, 15) is 0 Å². The van der Waals surface area contributed by atoms with Crippen molar-refractivity contribution >= 4 is 10.9 Å². The van der Waals surface area contributed by atoms with Gasteiger partial charge < -0.3 is 0 Å². The van der Waals surface area contributed by atoms with Crippen molar-refractivity contribution in [2.24, 2.45) is 0 Å². The van der Waals surface area contributed by atoms with Gasteiger partial charge in [0.05, 0.1) is 0 Å². The van der Waals surface area contributed by atoms with E-state index in [1.54, 1.807) is 11.1 Å². The SMILES string of the molecule is c1ccc2c(c1)CCCC([S+]1CCCC1)C2. The Morgan fingerprint density at radius 3 is 2.50 bits per heavy atom. The minimum absolute atomic E-state index is 0.768. The molecule has 0 aromatic heterocycles. The van der Waals surface area contributed by atoms with Gasteiger partial charge in [-0.25, -0.2) is 0 Å². The van der Waals surface area contributed by atoms with E-state index in [0.29, 0.717) is 0 Å². The van der Waals surface area contributed by atoms with E-state index in [1.807, 2.05) is 0 Å². The molecule has 3 rings (SSSR count). The van der Waals surface area contributed by atoms with Crippen LogP contribution in [-0.2, 0) is 23.7 Å². The molecular formula is C15H21S+. The molecule has 1 atom stereocenters. The second-order valence-electron chi connectivity index (χ2n) is 5.14. The summed E-state index contributed by atoms with van der Waals surface area (Å²) in [4.78, 5) is 0. The number of rotatable bonds is 1. The van der Waals surface area contributed by atoms with Gasteiger partial charge in [-0.3, -0.25) is 0 Å². The number of benzene rings is 1. The van der Waals surface area contributed by atoms with Gasteiger partial charge in [0.1, 0.15) is 16.8 Å². The zero-order valence-corrected chi connectivity index (χ0v) is 10.8. The van der Waals surface area contributed by atoms with E-state index in [0.717, 1.165) is 16.1 Å². The number of hydrogen-bond donors (Lipinski definition) is 0. The van der Waals surface area contributed by atoms with Crippen LogP contribution in [0.4, 0.5) is 0 Å². The van der Waals surface area contributed by atoms with Crippen LogP contribution in [-0.4, -0.2) is 16.8 Å². The van der Waals surface area contributed by atoms with Crippen molar-refractivity contribution in [3.05, 3.63) is 35.4 Å². The van der Waals surface area contributed by atoms with E-state index in [2.05, 4.69) is 24.3 Å². The molecule has 0 saturated carbocycles. The van der Waals surface area contributed by atoms with Crippen LogP contribution in [0.1, 0.15) is 36.8 Å². The zero-order valence-electron chi connectivity index (χ0n) is 9.95. The Hall–Kier alpha value is -0.430. The summed E-state index contributed by atoms with van der Waals surface area (Å²) < 4.78 is 0. The quantitative estimate of drug-likeness (QED) is 0.515. The van der Waals surface area contributed by atoms with E-state index < -0.39 is 0 Å². The maximum Gasteiger partial charge on any atom is 0.122 e. The normalized spacial score (nSPS) is 26.4. The van der Waals surface area contributed by atoms with E-state index in [1.165, 1.54) is 50.0 Å². The van der Waals surface area contributed by atoms with Gasteiger partial charge in [0.2, 0.25) is 0 Å². The Balaban J connectivity index is 1.79. The largest absolute Gasteiger partial charge is 0.122 e. The van der Waals surface area contributed by atoms with Crippen molar-refractivity contribution < 1.29 is 0 Å². The van der Waals surface area contributed by atoms with Crippen molar-refractivity contribution in [1.29, 1.82) is 0 Å². The molecule has 1 heterocycles. The first-order valence-corrected chi connectivity index (χ1v) is 8.29. The molecule has 1 aromatic rings. The van der Waals surface area contributed by atoms with E-state index in [4.69, 9.17) is 0 Å². The van der Waals surface area contributed by atoms with Crippen LogP contribution in [0.2, 0.25) is 0 Å². The molecule has 0 spiro atoms. The lowest BCUT2D eigenvalue weighted by Gasteiger charge is -2.13. The molecule has 1 aromatic carbocycles. The van der Waals surface area contributed by atoms with Gasteiger partial charge in [0, 0.05) is 6.42 Å². The molecule has 0 N–H and O–H groups in total. The fourth-order valence-electron chi connectivity index (χ4n) is 3.16. The van der Waals surface area contributed by atoms with Crippen molar-refractivity contribution in [1.82, 2.24) is 0 Å². The lowest BCUT2D eigenvalue weighted by molar-refractivity contribution is 0.722. The third kappa shape index (κ3) is 2.15. The standard InChI is InChI=1S/C15H21S/c1-2-7-14-12-15(16-10-3-4-11-16)9-5-8-13(14)6-1/h1-2,6-7,15H,3-5,8-12H2/q+1. The van der Waals surface area contributed by atoms with Crippen LogP contribution < -0.4 is 0 Å². The van der Waals surface area contributed by atoms with Crippen molar-refractivity contribution in [3.63, 3.8) is 0 Å². The molecule has 1 aliphatic heterocycles. The monoisotopic (exact) mass is 233 g/mol. The Labute approximate surface area is 102 Å². The highest BCUT2D eigenvalue weighted by molar-refractivity contribution is 7.97. The molecule has 2 aliphatic rings. The van der Waals surface area contributed by atoms with Gasteiger partial charge in [-0.2, -0.15) is 0 Å². The van der Waals surface area contributed by atoms with Crippen LogP contribution in [0.15, 0.2) is 24.3 Å². The first kappa shape index (κ1) is 10.7. The molecule has 86 valence electrons. The van der Waals surface area contributed by atoms with Gasteiger partial charge in [-0.15, -0.1) is 0 Å². The van der Waals surface area contributed by atoms with Gasteiger partial charge in [0.25, 0.3) is 0 Å². The summed E-state index contributed by atoms with van der Waals surface area (Å²) in [6.07, 6.45) is 8.61. The maximum atomic E-state index is 2.37. The summed E-state index contributed by atoms with van der Waals surface area (Å²) in [5.41, 5.74) is 3.29. The predicted octanol–water partition coefficient (Wildman–Crippen LogP) is 3.35. The van der Waals surface area contributed by atoms with Crippen LogP contribution in [0, 0.1) is 0 Å². The molecule has 1 unspecified atom stereocenters. The highest BCUT2D eigenvalue weighted by Crippen LogP contribution is 2.29. The summed E-state index contributed by atoms with van der Waals surface area (Å²) in [5, 5.41) is 1.02. The summed E-state index contributed by atoms with van der Waals surface area (Å²) >= 11 is 0. The smallest absolute Gasteiger partial charge is 0.0620 e. The molecule has 1 aliphatic carbocycles. The first-order valence-electron chi connectivity index (χ1n) is 6.66. The Morgan fingerprint density at radius 1 is 0.938 bits per heavy atom. The van der Waals surface area contributed by atoms with Crippen LogP contribution in [0.5, 0.6) is 0 Å². The molecule has 1 saturated heterocycles. The minimum Gasteiger partial charge on any atom is -0.0620 e. The molecular weight excluding hydrogens is 212 g/mol. The molecule has 1 heteroatoms. The van der Waals surface area contributed by atoms with E-state index in [-0.39, 0.29) is 0 Å². The van der Waals surface area contributed by atoms with Gasteiger partial charge in [0.15, 0.2) is 0 Å². The summed E-state index contributed by atoms with van der Waals surface area (Å²) in [6.45, 7) is 0. The molecule has 1 fully saturated rings. The highest BCUT2D eigenvalue weighted by atomic mass is 32.2. The second-order valence-corrected chi connectivity index (χ2v) is 7.70. The van der Waals surface area contributed by atoms with Crippen LogP contribution in [0.3, 0.4) is 0 Å². The third-order valence-corrected chi connectivity index (χ3v) is 7.04. The topological polar surface area (TPSA) is 0 Å². The van der Waals surface area contributed by atoms with E-state index >= 15 is 0 Å². The van der Waals surface area contributed by atoms with Gasteiger partial charge >= 0.3 is 0 Å². The minimum atomic E-state index is 0.768. The lowest BCUT2D eigenvalue weighted by atomic mass is 10.0. The van der Waals surface area contributed by atoms with Crippen LogP contribution in [0.25, 0.3) is 0 Å². The fraction of sp³-hybridized carbons (Fsp3) is 0.600. The number of hydrogen-bond acceptors (Lipinski definition) is 0. The Kier molecular flexibility index (Phi) is 3.23. The zero-order chi connectivity index (χ0) is 10.8. The molecule has 0 nitrogen and oxygen atoms in total. The van der Waals surface area contributed by atoms with Gasteiger partial charge in [-0.1, -0.05) is 24.3 Å². The Bertz CT molecular complexity index is 352. The highest BCUT2D eigenvalue weighted by Gasteiger charge is 2.34. The lowest BCUT2D eigenvalue weighted by Crippen LogP contribution is -2.24. The second kappa shape index (κ2) is 4.83. The molecule has 16 heavy (non-hydrogen) atoms.